The van der Waals surface area contributed by atoms with Gasteiger partial charge in [0.25, 0.3) is 0 Å². The second-order valence-electron chi connectivity index (χ2n) is 6.72. The molecule has 1 saturated heterocycles. The SMILES string of the molecule is COc1ccc(CC(=O)NCC(C(C)C)N2CCCC2)cc1OC. The highest BCUT2D eigenvalue weighted by atomic mass is 16.5. The molecule has 0 saturated carbocycles. The van der Waals surface area contributed by atoms with E-state index in [1.54, 1.807) is 14.2 Å². The van der Waals surface area contributed by atoms with Gasteiger partial charge in [0.05, 0.1) is 20.6 Å². The second-order valence-corrected chi connectivity index (χ2v) is 6.72. The smallest absolute Gasteiger partial charge is 0.224 e. The highest BCUT2D eigenvalue weighted by Crippen LogP contribution is 2.27. The van der Waals surface area contributed by atoms with Crippen molar-refractivity contribution in [3.8, 4) is 11.5 Å². The molecule has 134 valence electrons. The van der Waals surface area contributed by atoms with Gasteiger partial charge in [-0.1, -0.05) is 19.9 Å². The van der Waals surface area contributed by atoms with Crippen LogP contribution in [0.3, 0.4) is 0 Å². The molecule has 1 aliphatic rings. The summed E-state index contributed by atoms with van der Waals surface area (Å²) in [5.41, 5.74) is 0.924. The minimum atomic E-state index is 0.0482. The Morgan fingerprint density at radius 3 is 2.42 bits per heavy atom. The molecule has 1 N–H and O–H groups in total. The van der Waals surface area contributed by atoms with Gasteiger partial charge in [-0.05, 0) is 49.5 Å². The van der Waals surface area contributed by atoms with E-state index in [-0.39, 0.29) is 5.91 Å². The van der Waals surface area contributed by atoms with Crippen molar-refractivity contribution in [2.24, 2.45) is 5.92 Å². The minimum Gasteiger partial charge on any atom is -0.493 e. The van der Waals surface area contributed by atoms with Crippen molar-refractivity contribution < 1.29 is 14.3 Å². The van der Waals surface area contributed by atoms with E-state index in [4.69, 9.17) is 9.47 Å². The Kier molecular flexibility index (Phi) is 6.91. The number of ether oxygens (including phenoxy) is 2. The van der Waals surface area contributed by atoms with Crippen molar-refractivity contribution in [1.82, 2.24) is 10.2 Å². The number of nitrogens with one attached hydrogen (secondary N) is 1. The molecule has 0 aliphatic carbocycles. The molecule has 1 amide bonds. The highest BCUT2D eigenvalue weighted by Gasteiger charge is 2.24. The monoisotopic (exact) mass is 334 g/mol. The standard InChI is InChI=1S/C19H30N2O3/c1-14(2)16(21-9-5-6-10-21)13-20-19(22)12-15-7-8-17(23-3)18(11-15)24-4/h7-8,11,14,16H,5-6,9-10,12-13H2,1-4H3,(H,20,22). The van der Waals surface area contributed by atoms with Crippen LogP contribution in [0.15, 0.2) is 18.2 Å². The summed E-state index contributed by atoms with van der Waals surface area (Å²) < 4.78 is 10.5. The largest absolute Gasteiger partial charge is 0.493 e. The first-order chi connectivity index (χ1) is 11.5. The molecule has 1 unspecified atom stereocenters. The summed E-state index contributed by atoms with van der Waals surface area (Å²) in [6, 6.07) is 6.02. The van der Waals surface area contributed by atoms with Gasteiger partial charge in [0.15, 0.2) is 11.5 Å². The predicted octanol–water partition coefficient (Wildman–Crippen LogP) is 2.48. The molecule has 1 heterocycles. The van der Waals surface area contributed by atoms with Gasteiger partial charge < -0.3 is 14.8 Å². The summed E-state index contributed by atoms with van der Waals surface area (Å²) >= 11 is 0. The number of likely N-dealkylation sites (tertiary alicyclic amines) is 1. The van der Waals surface area contributed by atoms with Gasteiger partial charge in [0.2, 0.25) is 5.91 Å². The molecule has 1 aromatic rings. The molecule has 0 spiro atoms. The first kappa shape index (κ1) is 18.6. The number of nitrogens with zero attached hydrogens (tertiary/aromatic N) is 1. The molecule has 1 aromatic carbocycles. The summed E-state index contributed by atoms with van der Waals surface area (Å²) in [6.07, 6.45) is 2.89. The second kappa shape index (κ2) is 8.92. The van der Waals surface area contributed by atoms with Crippen molar-refractivity contribution in [3.05, 3.63) is 23.8 Å². The molecule has 0 aromatic heterocycles. The van der Waals surface area contributed by atoms with Crippen LogP contribution >= 0.6 is 0 Å². The molecule has 1 aliphatic heterocycles. The fourth-order valence-corrected chi connectivity index (χ4v) is 3.32. The van der Waals surface area contributed by atoms with Gasteiger partial charge in [-0.15, -0.1) is 0 Å². The quantitative estimate of drug-likeness (QED) is 0.793. The van der Waals surface area contributed by atoms with Gasteiger partial charge in [0.1, 0.15) is 0 Å². The number of carbonyl (C=O) groups is 1. The van der Waals surface area contributed by atoms with Gasteiger partial charge in [0, 0.05) is 12.6 Å². The summed E-state index contributed by atoms with van der Waals surface area (Å²) in [6.45, 7) is 7.46. The van der Waals surface area contributed by atoms with E-state index in [1.165, 1.54) is 12.8 Å². The fourth-order valence-electron chi connectivity index (χ4n) is 3.32. The summed E-state index contributed by atoms with van der Waals surface area (Å²) in [5, 5.41) is 3.10. The maximum atomic E-state index is 12.3. The van der Waals surface area contributed by atoms with Crippen LogP contribution in [0.2, 0.25) is 0 Å². The van der Waals surface area contributed by atoms with E-state index in [2.05, 4.69) is 24.1 Å². The van der Waals surface area contributed by atoms with Crippen LogP contribution in [0.25, 0.3) is 0 Å². The van der Waals surface area contributed by atoms with E-state index in [1.807, 2.05) is 18.2 Å². The molecule has 2 rings (SSSR count). The molecule has 1 atom stereocenters. The van der Waals surface area contributed by atoms with E-state index >= 15 is 0 Å². The topological polar surface area (TPSA) is 50.8 Å². The first-order valence-corrected chi connectivity index (χ1v) is 8.76. The molecule has 0 bridgehead atoms. The van der Waals surface area contributed by atoms with Crippen LogP contribution in [0.4, 0.5) is 0 Å². The van der Waals surface area contributed by atoms with Gasteiger partial charge >= 0.3 is 0 Å². The zero-order chi connectivity index (χ0) is 17.5. The van der Waals surface area contributed by atoms with Gasteiger partial charge in [-0.3, -0.25) is 9.69 Å². The summed E-state index contributed by atoms with van der Waals surface area (Å²) in [5.74, 6) is 1.91. The van der Waals surface area contributed by atoms with Gasteiger partial charge in [-0.2, -0.15) is 0 Å². The Labute approximate surface area is 145 Å². The molecule has 5 nitrogen and oxygen atoms in total. The normalized spacial score (nSPS) is 16.2. The first-order valence-electron chi connectivity index (χ1n) is 8.76. The third-order valence-corrected chi connectivity index (χ3v) is 4.70. The van der Waals surface area contributed by atoms with Crippen LogP contribution < -0.4 is 14.8 Å². The average Bonchev–Trinajstić information content (AvgIpc) is 3.08. The lowest BCUT2D eigenvalue weighted by Gasteiger charge is -2.31. The number of rotatable bonds is 8. The summed E-state index contributed by atoms with van der Waals surface area (Å²) in [7, 11) is 3.21. The molecular weight excluding hydrogens is 304 g/mol. The number of methoxy groups -OCH3 is 2. The van der Waals surface area contributed by atoms with Crippen LogP contribution in [-0.4, -0.2) is 50.7 Å². The number of amides is 1. The van der Waals surface area contributed by atoms with Crippen LogP contribution in [0.5, 0.6) is 11.5 Å². The number of carbonyl (C=O) groups excluding carboxylic acids is 1. The molecular formula is C19H30N2O3. The van der Waals surface area contributed by atoms with E-state index < -0.39 is 0 Å². The Morgan fingerprint density at radius 2 is 1.83 bits per heavy atom. The van der Waals surface area contributed by atoms with E-state index in [0.717, 1.165) is 18.7 Å². The fraction of sp³-hybridized carbons (Fsp3) is 0.632. The van der Waals surface area contributed by atoms with Crippen molar-refractivity contribution in [3.63, 3.8) is 0 Å². The zero-order valence-corrected chi connectivity index (χ0v) is 15.3. The lowest BCUT2D eigenvalue weighted by molar-refractivity contribution is -0.120. The van der Waals surface area contributed by atoms with Crippen molar-refractivity contribution in [2.75, 3.05) is 33.9 Å². The van der Waals surface area contributed by atoms with Crippen molar-refractivity contribution in [2.45, 2.75) is 39.2 Å². The lowest BCUT2D eigenvalue weighted by atomic mass is 10.0. The third kappa shape index (κ3) is 4.87. The number of hydrogen-bond acceptors (Lipinski definition) is 4. The maximum Gasteiger partial charge on any atom is 0.224 e. The molecule has 1 fully saturated rings. The number of hydrogen-bond donors (Lipinski definition) is 1. The lowest BCUT2D eigenvalue weighted by Crippen LogP contribution is -2.45. The Balaban J connectivity index is 1.90. The van der Waals surface area contributed by atoms with Crippen LogP contribution in [0, 0.1) is 5.92 Å². The van der Waals surface area contributed by atoms with E-state index in [9.17, 15) is 4.79 Å². The third-order valence-electron chi connectivity index (χ3n) is 4.70. The number of benzene rings is 1. The van der Waals surface area contributed by atoms with Crippen LogP contribution in [-0.2, 0) is 11.2 Å². The van der Waals surface area contributed by atoms with E-state index in [0.29, 0.717) is 36.4 Å². The van der Waals surface area contributed by atoms with Gasteiger partial charge in [-0.25, -0.2) is 0 Å². The molecule has 5 heteroatoms. The molecule has 0 radical (unpaired) electrons. The zero-order valence-electron chi connectivity index (χ0n) is 15.3. The Bertz CT molecular complexity index is 539. The average molecular weight is 334 g/mol. The summed E-state index contributed by atoms with van der Waals surface area (Å²) in [4.78, 5) is 14.8. The van der Waals surface area contributed by atoms with Crippen molar-refractivity contribution in [1.29, 1.82) is 0 Å². The predicted molar refractivity (Wildman–Crippen MR) is 95.7 cm³/mol. The molecule has 24 heavy (non-hydrogen) atoms. The highest BCUT2D eigenvalue weighted by molar-refractivity contribution is 5.78. The maximum absolute atomic E-state index is 12.3. The Morgan fingerprint density at radius 1 is 1.17 bits per heavy atom. The van der Waals surface area contributed by atoms with Crippen molar-refractivity contribution >= 4 is 5.91 Å². The Hall–Kier alpha value is -1.75. The minimum absolute atomic E-state index is 0.0482. The van der Waals surface area contributed by atoms with Crippen LogP contribution in [0.1, 0.15) is 32.3 Å².